The van der Waals surface area contributed by atoms with Crippen LogP contribution in [-0.4, -0.2) is 50.7 Å². The molecule has 8 nitrogen and oxygen atoms in total. The number of aryl methyl sites for hydroxylation is 1. The molecule has 0 bridgehead atoms. The van der Waals surface area contributed by atoms with Crippen LogP contribution in [0.3, 0.4) is 0 Å². The van der Waals surface area contributed by atoms with E-state index in [4.69, 9.17) is 14.2 Å². The average molecular weight is 441 g/mol. The lowest BCUT2D eigenvalue weighted by molar-refractivity contribution is 0.0763. The van der Waals surface area contributed by atoms with Crippen LogP contribution in [0.25, 0.3) is 0 Å². The van der Waals surface area contributed by atoms with Gasteiger partial charge in [-0.1, -0.05) is 6.08 Å². The minimum absolute atomic E-state index is 0.0622. The molecule has 1 saturated heterocycles. The van der Waals surface area contributed by atoms with Crippen molar-refractivity contribution in [2.45, 2.75) is 71.6 Å². The van der Waals surface area contributed by atoms with Gasteiger partial charge in [-0.25, -0.2) is 14.8 Å². The Balaban J connectivity index is 1.64. The van der Waals surface area contributed by atoms with E-state index in [2.05, 4.69) is 28.5 Å². The molecule has 3 atom stereocenters. The number of aromatic nitrogens is 3. The van der Waals surface area contributed by atoms with Gasteiger partial charge in [0.25, 0.3) is 0 Å². The number of carbonyl (C=O) groups is 1. The van der Waals surface area contributed by atoms with Crippen molar-refractivity contribution < 1.29 is 19.0 Å². The van der Waals surface area contributed by atoms with Gasteiger partial charge in [0.15, 0.2) is 5.75 Å². The van der Waals surface area contributed by atoms with E-state index in [0.29, 0.717) is 42.5 Å². The fraction of sp³-hybridized carbons (Fsp3) is 0.500. The van der Waals surface area contributed by atoms with Gasteiger partial charge in [-0.05, 0) is 59.1 Å². The molecule has 0 aliphatic carbocycles. The zero-order chi connectivity index (χ0) is 23.1. The highest BCUT2D eigenvalue weighted by Gasteiger charge is 2.36. The van der Waals surface area contributed by atoms with Crippen molar-refractivity contribution in [2.75, 3.05) is 6.61 Å². The molecule has 0 aromatic carbocycles. The molecule has 8 heteroatoms. The normalized spacial score (nSPS) is 18.8. The molecular weight excluding hydrogens is 408 g/mol. The summed E-state index contributed by atoms with van der Waals surface area (Å²) in [5.41, 5.74) is 1.49. The number of carbonyl (C=O) groups excluding carboxylic acids is 1. The van der Waals surface area contributed by atoms with E-state index in [9.17, 15) is 4.79 Å². The van der Waals surface area contributed by atoms with Crippen molar-refractivity contribution in [3.05, 3.63) is 48.6 Å². The molecule has 3 heterocycles. The van der Waals surface area contributed by atoms with Crippen molar-refractivity contribution in [3.63, 3.8) is 0 Å². The molecule has 0 N–H and O–H groups in total. The molecule has 1 fully saturated rings. The Morgan fingerprint density at radius 2 is 2.06 bits per heavy atom. The third-order valence-corrected chi connectivity index (χ3v) is 5.62. The van der Waals surface area contributed by atoms with Crippen LogP contribution < -0.4 is 9.47 Å². The van der Waals surface area contributed by atoms with E-state index in [1.165, 1.54) is 6.33 Å². The third-order valence-electron chi connectivity index (χ3n) is 5.62. The fourth-order valence-electron chi connectivity index (χ4n) is 3.88. The number of pyridine rings is 1. The van der Waals surface area contributed by atoms with Gasteiger partial charge in [0, 0.05) is 24.7 Å². The van der Waals surface area contributed by atoms with Crippen molar-refractivity contribution in [3.8, 4) is 17.5 Å². The summed E-state index contributed by atoms with van der Waals surface area (Å²) in [5.74, 6) is 1.54. The molecule has 1 aliphatic rings. The second-order valence-corrected chi connectivity index (χ2v) is 8.14. The Morgan fingerprint density at radius 3 is 2.81 bits per heavy atom. The van der Waals surface area contributed by atoms with Crippen molar-refractivity contribution in [1.29, 1.82) is 0 Å². The molecule has 3 rings (SSSR count). The zero-order valence-electron chi connectivity index (χ0n) is 19.3. The van der Waals surface area contributed by atoms with Gasteiger partial charge < -0.3 is 19.1 Å². The summed E-state index contributed by atoms with van der Waals surface area (Å²) in [6.07, 6.45) is 7.66. The minimum atomic E-state index is -0.269. The van der Waals surface area contributed by atoms with E-state index in [0.717, 1.165) is 18.5 Å². The van der Waals surface area contributed by atoms with Crippen LogP contribution in [0.1, 0.15) is 50.8 Å². The average Bonchev–Trinajstić information content (AvgIpc) is 3.12. The summed E-state index contributed by atoms with van der Waals surface area (Å²) in [7, 11) is 0. The van der Waals surface area contributed by atoms with Crippen molar-refractivity contribution >= 4 is 6.09 Å². The first kappa shape index (κ1) is 23.5. The monoisotopic (exact) mass is 440 g/mol. The maximum atomic E-state index is 12.6. The lowest BCUT2D eigenvalue weighted by Gasteiger charge is -2.29. The molecule has 0 saturated carbocycles. The molecule has 2 unspecified atom stereocenters. The SMILES string of the molecule is C=CCCOC(=O)N1C(C)CCC1C[C@@H](C)Oc1ncnc(Oc2cccnc2C)c1C. The van der Waals surface area contributed by atoms with Gasteiger partial charge in [0.2, 0.25) is 11.8 Å². The quantitative estimate of drug-likeness (QED) is 0.400. The smallest absolute Gasteiger partial charge is 0.410 e. The van der Waals surface area contributed by atoms with Crippen LogP contribution in [-0.2, 0) is 4.74 Å². The summed E-state index contributed by atoms with van der Waals surface area (Å²) >= 11 is 0. The highest BCUT2D eigenvalue weighted by molar-refractivity contribution is 5.69. The van der Waals surface area contributed by atoms with E-state index in [1.807, 2.05) is 37.8 Å². The Bertz CT molecular complexity index is 936. The van der Waals surface area contributed by atoms with Crippen LogP contribution in [0.5, 0.6) is 17.5 Å². The second kappa shape index (κ2) is 10.9. The highest BCUT2D eigenvalue weighted by Crippen LogP contribution is 2.31. The van der Waals surface area contributed by atoms with Gasteiger partial charge in [-0.2, -0.15) is 0 Å². The van der Waals surface area contributed by atoms with Gasteiger partial charge in [0.1, 0.15) is 6.33 Å². The van der Waals surface area contributed by atoms with Crippen LogP contribution in [0.2, 0.25) is 0 Å². The van der Waals surface area contributed by atoms with E-state index in [-0.39, 0.29) is 24.3 Å². The van der Waals surface area contributed by atoms with Crippen molar-refractivity contribution in [2.24, 2.45) is 0 Å². The van der Waals surface area contributed by atoms with Crippen LogP contribution in [0.4, 0.5) is 4.79 Å². The summed E-state index contributed by atoms with van der Waals surface area (Å²) in [5, 5.41) is 0. The van der Waals surface area contributed by atoms with E-state index >= 15 is 0 Å². The topological polar surface area (TPSA) is 86.7 Å². The number of rotatable bonds is 9. The largest absolute Gasteiger partial charge is 0.474 e. The summed E-state index contributed by atoms with van der Waals surface area (Å²) < 4.78 is 17.5. The van der Waals surface area contributed by atoms with Crippen LogP contribution in [0, 0.1) is 13.8 Å². The molecule has 2 aromatic heterocycles. The van der Waals surface area contributed by atoms with Crippen LogP contribution in [0.15, 0.2) is 37.3 Å². The number of amides is 1. The molecule has 0 spiro atoms. The lowest BCUT2D eigenvalue weighted by Crippen LogP contribution is -2.42. The zero-order valence-corrected chi connectivity index (χ0v) is 19.3. The molecule has 0 radical (unpaired) electrons. The van der Waals surface area contributed by atoms with E-state index in [1.54, 1.807) is 12.3 Å². The second-order valence-electron chi connectivity index (χ2n) is 8.14. The summed E-state index contributed by atoms with van der Waals surface area (Å²) in [6, 6.07) is 3.87. The van der Waals surface area contributed by atoms with Crippen LogP contribution >= 0.6 is 0 Å². The maximum absolute atomic E-state index is 12.6. The Morgan fingerprint density at radius 1 is 1.28 bits per heavy atom. The predicted octanol–water partition coefficient (Wildman–Crippen LogP) is 5.00. The number of likely N-dealkylation sites (tertiary alicyclic amines) is 1. The Hall–Kier alpha value is -3.16. The molecule has 172 valence electrons. The number of ether oxygens (including phenoxy) is 3. The number of nitrogens with zero attached hydrogens (tertiary/aromatic N) is 4. The summed E-state index contributed by atoms with van der Waals surface area (Å²) in [6.45, 7) is 11.8. The third kappa shape index (κ3) is 5.75. The number of hydrogen-bond acceptors (Lipinski definition) is 7. The molecule has 2 aromatic rings. The number of hydrogen-bond donors (Lipinski definition) is 0. The molecule has 1 amide bonds. The van der Waals surface area contributed by atoms with E-state index < -0.39 is 0 Å². The lowest BCUT2D eigenvalue weighted by atomic mass is 10.1. The minimum Gasteiger partial charge on any atom is -0.474 e. The van der Waals surface area contributed by atoms with Gasteiger partial charge >= 0.3 is 6.09 Å². The molecule has 1 aliphatic heterocycles. The van der Waals surface area contributed by atoms with Gasteiger partial charge in [-0.3, -0.25) is 4.98 Å². The van der Waals surface area contributed by atoms with Gasteiger partial charge in [-0.15, -0.1) is 6.58 Å². The Labute approximate surface area is 189 Å². The Kier molecular flexibility index (Phi) is 8.03. The molecular formula is C24H32N4O4. The fourth-order valence-corrected chi connectivity index (χ4v) is 3.88. The predicted molar refractivity (Wildman–Crippen MR) is 121 cm³/mol. The highest BCUT2D eigenvalue weighted by atomic mass is 16.6. The molecule has 32 heavy (non-hydrogen) atoms. The van der Waals surface area contributed by atoms with Crippen molar-refractivity contribution in [1.82, 2.24) is 19.9 Å². The van der Waals surface area contributed by atoms with Gasteiger partial charge in [0.05, 0.1) is 24.0 Å². The first-order valence-electron chi connectivity index (χ1n) is 11.0. The maximum Gasteiger partial charge on any atom is 0.410 e. The summed E-state index contributed by atoms with van der Waals surface area (Å²) in [4.78, 5) is 27.2. The standard InChI is InChI=1S/C24H32N4O4/c1-6-7-13-30-24(29)28-16(2)10-11-20(28)14-17(3)31-22-18(4)23(27-15-26-22)32-21-9-8-12-25-19(21)5/h6,8-9,12,15-17,20H,1,7,10-11,13-14H2,2-5H3/t16?,17-,20?/m1/s1. The first-order valence-corrected chi connectivity index (χ1v) is 11.0. The first-order chi connectivity index (χ1) is 15.4.